The lowest BCUT2D eigenvalue weighted by Crippen LogP contribution is -2.45. The van der Waals surface area contributed by atoms with E-state index in [9.17, 15) is 18.0 Å². The number of amides is 2. The van der Waals surface area contributed by atoms with Crippen LogP contribution in [0.4, 0.5) is 5.69 Å². The normalized spacial score (nSPS) is 12.1. The summed E-state index contributed by atoms with van der Waals surface area (Å²) in [7, 11) is -2.24. The highest BCUT2D eigenvalue weighted by Crippen LogP contribution is 2.22. The summed E-state index contributed by atoms with van der Waals surface area (Å²) >= 11 is 0. The molecule has 0 spiro atoms. The Morgan fingerprint density at radius 2 is 1.62 bits per heavy atom. The zero-order valence-corrected chi connectivity index (χ0v) is 17.9. The molecule has 0 aliphatic rings. The minimum Gasteiger partial charge on any atom is -0.354 e. The van der Waals surface area contributed by atoms with Crippen LogP contribution in [-0.2, 0) is 14.8 Å². The van der Waals surface area contributed by atoms with Gasteiger partial charge >= 0.3 is 0 Å². The van der Waals surface area contributed by atoms with Crippen LogP contribution in [0.25, 0.3) is 0 Å². The van der Waals surface area contributed by atoms with Crippen LogP contribution in [0.3, 0.4) is 0 Å². The van der Waals surface area contributed by atoms with Crippen LogP contribution < -0.4 is 14.9 Å². The highest BCUT2D eigenvalue weighted by atomic mass is 32.2. The van der Waals surface area contributed by atoms with Crippen molar-refractivity contribution in [1.82, 2.24) is 10.6 Å². The molecule has 2 aromatic carbocycles. The number of carbonyl (C=O) groups is 2. The average molecular weight is 418 g/mol. The molecule has 0 bridgehead atoms. The monoisotopic (exact) mass is 417 g/mol. The molecule has 1 atom stereocenters. The van der Waals surface area contributed by atoms with Gasteiger partial charge in [0.1, 0.15) is 6.04 Å². The van der Waals surface area contributed by atoms with Crippen molar-refractivity contribution >= 4 is 27.5 Å². The summed E-state index contributed by atoms with van der Waals surface area (Å²) in [5.74, 6) is -0.652. The molecule has 2 aromatic rings. The second kappa shape index (κ2) is 9.56. The van der Waals surface area contributed by atoms with E-state index in [4.69, 9.17) is 0 Å². The molecule has 29 heavy (non-hydrogen) atoms. The summed E-state index contributed by atoms with van der Waals surface area (Å²) in [6, 6.07) is 12.1. The first kappa shape index (κ1) is 22.4. The predicted octanol–water partition coefficient (Wildman–Crippen LogP) is 2.46. The van der Waals surface area contributed by atoms with Crippen molar-refractivity contribution in [3.63, 3.8) is 0 Å². The van der Waals surface area contributed by atoms with E-state index in [1.807, 2.05) is 13.8 Å². The molecule has 0 aromatic heterocycles. The van der Waals surface area contributed by atoms with Crippen molar-refractivity contribution in [3.05, 3.63) is 59.7 Å². The Hall–Kier alpha value is -2.87. The van der Waals surface area contributed by atoms with E-state index in [0.717, 1.165) is 12.0 Å². The number of aryl methyl sites for hydroxylation is 1. The number of hydrogen-bond donors (Lipinski definition) is 2. The summed E-state index contributed by atoms with van der Waals surface area (Å²) in [6.45, 7) is 5.99. The van der Waals surface area contributed by atoms with E-state index < -0.39 is 22.0 Å². The van der Waals surface area contributed by atoms with Gasteiger partial charge in [-0.15, -0.1) is 0 Å². The molecule has 2 amide bonds. The minimum atomic E-state index is -3.70. The van der Waals surface area contributed by atoms with Crippen LogP contribution in [-0.4, -0.2) is 39.9 Å². The Morgan fingerprint density at radius 1 is 1.03 bits per heavy atom. The van der Waals surface area contributed by atoms with Crippen molar-refractivity contribution < 1.29 is 18.0 Å². The summed E-state index contributed by atoms with van der Waals surface area (Å²) in [5.41, 5.74) is 1.74. The second-order valence-corrected chi connectivity index (χ2v) is 8.79. The molecule has 0 heterocycles. The van der Waals surface area contributed by atoms with Gasteiger partial charge in [0, 0.05) is 19.2 Å². The van der Waals surface area contributed by atoms with Gasteiger partial charge in [0.15, 0.2) is 0 Å². The Bertz CT molecular complexity index is 954. The molecule has 0 aliphatic carbocycles. The molecule has 2 N–H and O–H groups in total. The number of sulfonamides is 1. The minimum absolute atomic E-state index is 0.194. The van der Waals surface area contributed by atoms with Gasteiger partial charge in [-0.25, -0.2) is 8.42 Å². The van der Waals surface area contributed by atoms with Crippen LogP contribution >= 0.6 is 0 Å². The van der Waals surface area contributed by atoms with Gasteiger partial charge in [0.25, 0.3) is 15.9 Å². The lowest BCUT2D eigenvalue weighted by molar-refractivity contribution is -0.122. The first-order valence-corrected chi connectivity index (χ1v) is 10.8. The van der Waals surface area contributed by atoms with Crippen LogP contribution in [0, 0.1) is 6.92 Å². The molecule has 7 nitrogen and oxygen atoms in total. The third-order valence-electron chi connectivity index (χ3n) is 4.46. The van der Waals surface area contributed by atoms with Gasteiger partial charge < -0.3 is 10.6 Å². The molecule has 0 fully saturated rings. The number of nitrogens with one attached hydrogen (secondary N) is 2. The first-order valence-electron chi connectivity index (χ1n) is 9.41. The lowest BCUT2D eigenvalue weighted by atomic mass is 10.2. The largest absolute Gasteiger partial charge is 0.354 e. The van der Waals surface area contributed by atoms with Crippen LogP contribution in [0.15, 0.2) is 53.4 Å². The van der Waals surface area contributed by atoms with Crippen molar-refractivity contribution in [2.75, 3.05) is 17.9 Å². The standard InChI is InChI=1S/C21H27N3O4S/c1-5-14-22-20(25)16(3)23-21(26)17-8-10-18(11-9-17)24(4)29(27,28)19-12-6-15(2)7-13-19/h6-13,16H,5,14H2,1-4H3,(H,22,25)(H,23,26)/t16-/m1/s1. The number of benzene rings is 2. The second-order valence-electron chi connectivity index (χ2n) is 6.82. The maximum absolute atomic E-state index is 12.8. The molecule has 156 valence electrons. The molecule has 0 unspecified atom stereocenters. The molecule has 8 heteroatoms. The van der Waals surface area contributed by atoms with Gasteiger partial charge in [-0.05, 0) is 56.7 Å². The zero-order valence-electron chi connectivity index (χ0n) is 17.1. The highest BCUT2D eigenvalue weighted by molar-refractivity contribution is 7.92. The SMILES string of the molecule is CCCNC(=O)[C@@H](C)NC(=O)c1ccc(N(C)S(=O)(=O)c2ccc(C)cc2)cc1. The molecule has 0 saturated carbocycles. The van der Waals surface area contributed by atoms with E-state index in [-0.39, 0.29) is 10.8 Å². The predicted molar refractivity (Wildman–Crippen MR) is 113 cm³/mol. The molecular formula is C21H27N3O4S. The van der Waals surface area contributed by atoms with Crippen molar-refractivity contribution in [1.29, 1.82) is 0 Å². The van der Waals surface area contributed by atoms with Gasteiger partial charge in [-0.3, -0.25) is 13.9 Å². The maximum Gasteiger partial charge on any atom is 0.264 e. The molecule has 0 aliphatic heterocycles. The van der Waals surface area contributed by atoms with E-state index in [1.165, 1.54) is 23.5 Å². The fraction of sp³-hybridized carbons (Fsp3) is 0.333. The van der Waals surface area contributed by atoms with Gasteiger partial charge in [-0.2, -0.15) is 0 Å². The number of rotatable bonds is 8. The third-order valence-corrected chi connectivity index (χ3v) is 6.26. The maximum atomic E-state index is 12.8. The molecule has 0 radical (unpaired) electrons. The fourth-order valence-corrected chi connectivity index (χ4v) is 3.77. The van der Waals surface area contributed by atoms with Crippen LogP contribution in [0.2, 0.25) is 0 Å². The Labute approximate surface area is 172 Å². The Morgan fingerprint density at radius 3 is 2.17 bits per heavy atom. The summed E-state index contributed by atoms with van der Waals surface area (Å²) in [6.07, 6.45) is 0.812. The van der Waals surface area contributed by atoms with Crippen LogP contribution in [0.5, 0.6) is 0 Å². The summed E-state index contributed by atoms with van der Waals surface area (Å²) in [5, 5.41) is 5.35. The van der Waals surface area contributed by atoms with Gasteiger partial charge in [-0.1, -0.05) is 24.6 Å². The van der Waals surface area contributed by atoms with E-state index >= 15 is 0 Å². The summed E-state index contributed by atoms with van der Waals surface area (Å²) in [4.78, 5) is 24.4. The van der Waals surface area contributed by atoms with Crippen molar-refractivity contribution in [2.45, 2.75) is 38.1 Å². The Balaban J connectivity index is 2.10. The number of hydrogen-bond acceptors (Lipinski definition) is 4. The van der Waals surface area contributed by atoms with E-state index in [0.29, 0.717) is 17.8 Å². The highest BCUT2D eigenvalue weighted by Gasteiger charge is 2.22. The fourth-order valence-electron chi connectivity index (χ4n) is 2.58. The van der Waals surface area contributed by atoms with E-state index in [1.54, 1.807) is 43.3 Å². The quantitative estimate of drug-likeness (QED) is 0.690. The van der Waals surface area contributed by atoms with Crippen molar-refractivity contribution in [3.8, 4) is 0 Å². The smallest absolute Gasteiger partial charge is 0.264 e. The van der Waals surface area contributed by atoms with Crippen molar-refractivity contribution in [2.24, 2.45) is 0 Å². The number of anilines is 1. The number of carbonyl (C=O) groups excluding carboxylic acids is 2. The average Bonchev–Trinajstić information content (AvgIpc) is 2.71. The molecule has 2 rings (SSSR count). The van der Waals surface area contributed by atoms with Crippen LogP contribution in [0.1, 0.15) is 36.2 Å². The topological polar surface area (TPSA) is 95.6 Å². The first-order chi connectivity index (χ1) is 13.7. The van der Waals surface area contributed by atoms with Gasteiger partial charge in [0.05, 0.1) is 10.6 Å². The zero-order chi connectivity index (χ0) is 21.6. The van der Waals surface area contributed by atoms with Gasteiger partial charge in [0.2, 0.25) is 5.91 Å². The third kappa shape index (κ3) is 5.57. The molecule has 0 saturated heterocycles. The molecular weight excluding hydrogens is 390 g/mol. The Kier molecular flexibility index (Phi) is 7.39. The number of nitrogens with zero attached hydrogens (tertiary/aromatic N) is 1. The summed E-state index contributed by atoms with van der Waals surface area (Å²) < 4.78 is 26.7. The van der Waals surface area contributed by atoms with E-state index in [2.05, 4.69) is 10.6 Å². The lowest BCUT2D eigenvalue weighted by Gasteiger charge is -2.20.